The molecule has 1 aromatic rings. The van der Waals surface area contributed by atoms with E-state index in [1.165, 1.54) is 0 Å². The van der Waals surface area contributed by atoms with Gasteiger partial charge in [-0.05, 0) is 39.0 Å². The molecule has 0 aliphatic carbocycles. The van der Waals surface area contributed by atoms with Crippen LogP contribution in [-0.2, 0) is 0 Å². The molecule has 1 rings (SSSR count). The predicted octanol–water partition coefficient (Wildman–Crippen LogP) is 3.26. The summed E-state index contributed by atoms with van der Waals surface area (Å²) in [5.74, 6) is 0.219. The van der Waals surface area contributed by atoms with Gasteiger partial charge < -0.3 is 5.11 Å². The highest BCUT2D eigenvalue weighted by atomic mass is 35.5. The smallest absolute Gasteiger partial charge is 0.124 e. The van der Waals surface area contributed by atoms with Gasteiger partial charge in [0.05, 0.1) is 0 Å². The molecule has 76 valence electrons. The van der Waals surface area contributed by atoms with Gasteiger partial charge in [-0.25, -0.2) is 0 Å². The lowest BCUT2D eigenvalue weighted by Crippen LogP contribution is -2.00. The van der Waals surface area contributed by atoms with E-state index in [0.717, 1.165) is 5.71 Å². The third kappa shape index (κ3) is 2.74. The first-order valence-corrected chi connectivity index (χ1v) is 4.92. The first-order chi connectivity index (χ1) is 6.50. The van der Waals surface area contributed by atoms with Gasteiger partial charge in [-0.2, -0.15) is 0 Å². The van der Waals surface area contributed by atoms with Crippen molar-refractivity contribution in [3.05, 3.63) is 28.8 Å². The van der Waals surface area contributed by atoms with Crippen LogP contribution < -0.4 is 0 Å². The van der Waals surface area contributed by atoms with E-state index in [0.29, 0.717) is 10.6 Å². The third-order valence-electron chi connectivity index (χ3n) is 1.80. The van der Waals surface area contributed by atoms with Crippen molar-refractivity contribution in [2.75, 3.05) is 0 Å². The van der Waals surface area contributed by atoms with Gasteiger partial charge in [0.1, 0.15) is 5.75 Å². The minimum atomic E-state index is 0.216. The zero-order chi connectivity index (χ0) is 10.7. The van der Waals surface area contributed by atoms with Crippen LogP contribution in [0.3, 0.4) is 0 Å². The number of aromatic hydroxyl groups is 1. The molecule has 1 aromatic carbocycles. The molecule has 0 spiro atoms. The van der Waals surface area contributed by atoms with Crippen molar-refractivity contribution < 1.29 is 5.11 Å². The second-order valence-corrected chi connectivity index (χ2v) is 3.91. The number of halogens is 1. The van der Waals surface area contributed by atoms with Crippen LogP contribution >= 0.6 is 11.6 Å². The molecular weight excluding hydrogens is 198 g/mol. The van der Waals surface area contributed by atoms with E-state index >= 15 is 0 Å². The van der Waals surface area contributed by atoms with Gasteiger partial charge in [-0.1, -0.05) is 11.6 Å². The summed E-state index contributed by atoms with van der Waals surface area (Å²) in [7, 11) is 0. The summed E-state index contributed by atoms with van der Waals surface area (Å²) >= 11 is 5.83. The highest BCUT2D eigenvalue weighted by Gasteiger charge is 2.05. The number of phenolic OH excluding ortho intramolecular Hbond substituents is 1. The van der Waals surface area contributed by atoms with Gasteiger partial charge in [-0.15, -0.1) is 0 Å². The van der Waals surface area contributed by atoms with Gasteiger partial charge in [0, 0.05) is 22.3 Å². The highest BCUT2D eigenvalue weighted by molar-refractivity contribution is 6.31. The van der Waals surface area contributed by atoms with Crippen LogP contribution in [0.25, 0.3) is 0 Å². The van der Waals surface area contributed by atoms with Crippen LogP contribution in [0.4, 0.5) is 0 Å². The Labute approximate surface area is 89.2 Å². The van der Waals surface area contributed by atoms with E-state index in [1.807, 2.05) is 20.8 Å². The van der Waals surface area contributed by atoms with Gasteiger partial charge in [0.25, 0.3) is 0 Å². The Morgan fingerprint density at radius 2 is 2.07 bits per heavy atom. The fraction of sp³-hybridized carbons (Fsp3) is 0.364. The number of hydrogen-bond donors (Lipinski definition) is 1. The molecule has 0 saturated heterocycles. The lowest BCUT2D eigenvalue weighted by molar-refractivity contribution is 0.474. The molecule has 0 unspecified atom stereocenters. The van der Waals surface area contributed by atoms with Crippen LogP contribution in [0.1, 0.15) is 26.3 Å². The SMILES string of the molecule is CC(=NC(C)C)c1cc(Cl)ccc1O. The quantitative estimate of drug-likeness (QED) is 0.749. The maximum atomic E-state index is 9.58. The summed E-state index contributed by atoms with van der Waals surface area (Å²) in [6.45, 7) is 5.85. The molecule has 14 heavy (non-hydrogen) atoms. The second-order valence-electron chi connectivity index (χ2n) is 3.47. The van der Waals surface area contributed by atoms with Crippen LogP contribution in [0, 0.1) is 0 Å². The Morgan fingerprint density at radius 3 is 2.64 bits per heavy atom. The summed E-state index contributed by atoms with van der Waals surface area (Å²) in [6.07, 6.45) is 0. The topological polar surface area (TPSA) is 32.6 Å². The Balaban J connectivity index is 3.12. The van der Waals surface area contributed by atoms with Gasteiger partial charge >= 0.3 is 0 Å². The second kappa shape index (κ2) is 4.47. The van der Waals surface area contributed by atoms with E-state index in [-0.39, 0.29) is 11.8 Å². The molecule has 0 fully saturated rings. The number of nitrogens with zero attached hydrogens (tertiary/aromatic N) is 1. The summed E-state index contributed by atoms with van der Waals surface area (Å²) in [4.78, 5) is 4.35. The highest BCUT2D eigenvalue weighted by Crippen LogP contribution is 2.22. The van der Waals surface area contributed by atoms with Gasteiger partial charge in [-0.3, -0.25) is 4.99 Å². The van der Waals surface area contributed by atoms with Crippen molar-refractivity contribution in [2.24, 2.45) is 4.99 Å². The number of benzene rings is 1. The monoisotopic (exact) mass is 211 g/mol. The maximum Gasteiger partial charge on any atom is 0.124 e. The fourth-order valence-electron chi connectivity index (χ4n) is 1.25. The van der Waals surface area contributed by atoms with Crippen molar-refractivity contribution >= 4 is 17.3 Å². The zero-order valence-electron chi connectivity index (χ0n) is 8.58. The average Bonchev–Trinajstić information content (AvgIpc) is 2.08. The Hall–Kier alpha value is -1.02. The summed E-state index contributed by atoms with van der Waals surface area (Å²) in [6, 6.07) is 5.17. The first-order valence-electron chi connectivity index (χ1n) is 4.54. The van der Waals surface area contributed by atoms with Crippen LogP contribution in [0.5, 0.6) is 5.75 Å². The van der Waals surface area contributed by atoms with E-state index in [4.69, 9.17) is 11.6 Å². The largest absolute Gasteiger partial charge is 0.507 e. The van der Waals surface area contributed by atoms with Crippen molar-refractivity contribution in [3.8, 4) is 5.75 Å². The normalized spacial score (nSPS) is 12.2. The number of rotatable bonds is 2. The van der Waals surface area contributed by atoms with Gasteiger partial charge in [0.15, 0.2) is 0 Å². The zero-order valence-corrected chi connectivity index (χ0v) is 9.34. The van der Waals surface area contributed by atoms with Gasteiger partial charge in [0.2, 0.25) is 0 Å². The third-order valence-corrected chi connectivity index (χ3v) is 2.04. The lowest BCUT2D eigenvalue weighted by Gasteiger charge is -2.06. The molecule has 0 atom stereocenters. The number of hydrogen-bond acceptors (Lipinski definition) is 2. The molecule has 0 bridgehead atoms. The van der Waals surface area contributed by atoms with Crippen molar-refractivity contribution in [3.63, 3.8) is 0 Å². The molecule has 0 radical (unpaired) electrons. The van der Waals surface area contributed by atoms with E-state index in [2.05, 4.69) is 4.99 Å². The number of phenols is 1. The minimum absolute atomic E-state index is 0.216. The molecule has 0 aliphatic heterocycles. The minimum Gasteiger partial charge on any atom is -0.507 e. The predicted molar refractivity (Wildman–Crippen MR) is 60.5 cm³/mol. The number of aliphatic imine (C=N–C) groups is 1. The average molecular weight is 212 g/mol. The summed E-state index contributed by atoms with van der Waals surface area (Å²) in [5, 5.41) is 10.2. The van der Waals surface area contributed by atoms with Crippen LogP contribution in [0.2, 0.25) is 5.02 Å². The molecular formula is C11H14ClNO. The van der Waals surface area contributed by atoms with E-state index in [9.17, 15) is 5.11 Å². The van der Waals surface area contributed by atoms with Crippen LogP contribution in [0.15, 0.2) is 23.2 Å². The van der Waals surface area contributed by atoms with E-state index in [1.54, 1.807) is 18.2 Å². The van der Waals surface area contributed by atoms with Crippen molar-refractivity contribution in [2.45, 2.75) is 26.8 Å². The van der Waals surface area contributed by atoms with Crippen molar-refractivity contribution in [1.82, 2.24) is 0 Å². The molecule has 2 nitrogen and oxygen atoms in total. The molecule has 3 heteroatoms. The lowest BCUT2D eigenvalue weighted by atomic mass is 10.1. The molecule has 0 aromatic heterocycles. The Morgan fingerprint density at radius 1 is 1.43 bits per heavy atom. The molecule has 0 heterocycles. The fourth-order valence-corrected chi connectivity index (χ4v) is 1.43. The summed E-state index contributed by atoms with van der Waals surface area (Å²) < 4.78 is 0. The summed E-state index contributed by atoms with van der Waals surface area (Å²) in [5.41, 5.74) is 1.51. The molecule has 0 saturated carbocycles. The van der Waals surface area contributed by atoms with Crippen LogP contribution in [-0.4, -0.2) is 16.9 Å². The first kappa shape index (κ1) is 11.1. The Bertz CT molecular complexity index is 358. The maximum absolute atomic E-state index is 9.58. The molecule has 0 aliphatic rings. The molecule has 0 amide bonds. The Kier molecular flexibility index (Phi) is 3.53. The molecule has 1 N–H and O–H groups in total. The van der Waals surface area contributed by atoms with E-state index < -0.39 is 0 Å². The standard InChI is InChI=1S/C11H14ClNO/c1-7(2)13-8(3)10-6-9(12)4-5-11(10)14/h4-7,14H,1-3H3. The van der Waals surface area contributed by atoms with Crippen molar-refractivity contribution in [1.29, 1.82) is 0 Å².